The molecule has 1 aliphatic carbocycles. The van der Waals surface area contributed by atoms with Gasteiger partial charge in [0.1, 0.15) is 5.75 Å². The number of ether oxygens (including phenoxy) is 1. The molecule has 1 saturated carbocycles. The van der Waals surface area contributed by atoms with E-state index < -0.39 is 0 Å². The molecule has 1 aliphatic rings. The standard InChI is InChI=1S/C15H23NO/c1-4-13-5-7-14(8-6-13)17-15-9-11(2)12(3)16-10-15/h9-10,13-14H,4-8H2,1-3H3. The van der Waals surface area contributed by atoms with Crippen LogP contribution in [0.1, 0.15) is 50.3 Å². The summed E-state index contributed by atoms with van der Waals surface area (Å²) in [6.07, 6.45) is 8.61. The summed E-state index contributed by atoms with van der Waals surface area (Å²) in [6, 6.07) is 2.11. The van der Waals surface area contributed by atoms with Gasteiger partial charge < -0.3 is 4.74 Å². The molecule has 0 N–H and O–H groups in total. The van der Waals surface area contributed by atoms with Crippen molar-refractivity contribution in [2.75, 3.05) is 0 Å². The molecule has 1 aromatic rings. The van der Waals surface area contributed by atoms with Gasteiger partial charge in [0.25, 0.3) is 0 Å². The molecular weight excluding hydrogens is 210 g/mol. The number of aryl methyl sites for hydroxylation is 2. The third kappa shape index (κ3) is 3.21. The number of aromatic nitrogens is 1. The van der Waals surface area contributed by atoms with E-state index in [1.54, 1.807) is 0 Å². The summed E-state index contributed by atoms with van der Waals surface area (Å²) < 4.78 is 6.02. The van der Waals surface area contributed by atoms with Crippen LogP contribution in [0.3, 0.4) is 0 Å². The van der Waals surface area contributed by atoms with Crippen LogP contribution in [0.4, 0.5) is 0 Å². The summed E-state index contributed by atoms with van der Waals surface area (Å²) >= 11 is 0. The highest BCUT2D eigenvalue weighted by Gasteiger charge is 2.21. The highest BCUT2D eigenvalue weighted by molar-refractivity contribution is 5.27. The molecule has 94 valence electrons. The summed E-state index contributed by atoms with van der Waals surface area (Å²) in [5.41, 5.74) is 2.30. The van der Waals surface area contributed by atoms with E-state index in [2.05, 4.69) is 24.9 Å². The second kappa shape index (κ2) is 5.52. The van der Waals surface area contributed by atoms with Crippen molar-refractivity contribution < 1.29 is 4.74 Å². The minimum Gasteiger partial charge on any atom is -0.489 e. The molecule has 0 aromatic carbocycles. The maximum atomic E-state index is 6.02. The monoisotopic (exact) mass is 233 g/mol. The largest absolute Gasteiger partial charge is 0.489 e. The van der Waals surface area contributed by atoms with E-state index in [9.17, 15) is 0 Å². The van der Waals surface area contributed by atoms with Gasteiger partial charge in [0.2, 0.25) is 0 Å². The van der Waals surface area contributed by atoms with Gasteiger partial charge in [-0.1, -0.05) is 13.3 Å². The van der Waals surface area contributed by atoms with E-state index in [4.69, 9.17) is 4.74 Å². The molecular formula is C15H23NO. The highest BCUT2D eigenvalue weighted by Crippen LogP contribution is 2.29. The van der Waals surface area contributed by atoms with Crippen molar-refractivity contribution in [1.29, 1.82) is 0 Å². The van der Waals surface area contributed by atoms with Crippen LogP contribution in [0.15, 0.2) is 12.3 Å². The molecule has 2 heteroatoms. The van der Waals surface area contributed by atoms with Crippen molar-refractivity contribution in [1.82, 2.24) is 4.98 Å². The maximum Gasteiger partial charge on any atom is 0.138 e. The first-order valence-electron chi connectivity index (χ1n) is 6.79. The van der Waals surface area contributed by atoms with Crippen molar-refractivity contribution in [3.8, 4) is 5.75 Å². The van der Waals surface area contributed by atoms with Crippen LogP contribution in [0.5, 0.6) is 5.75 Å². The van der Waals surface area contributed by atoms with Gasteiger partial charge in [0.15, 0.2) is 0 Å². The van der Waals surface area contributed by atoms with Crippen LogP contribution in [0.25, 0.3) is 0 Å². The lowest BCUT2D eigenvalue weighted by Crippen LogP contribution is -2.24. The minimum atomic E-state index is 0.404. The van der Waals surface area contributed by atoms with Gasteiger partial charge in [-0.25, -0.2) is 0 Å². The molecule has 0 radical (unpaired) electrons. The smallest absolute Gasteiger partial charge is 0.138 e. The number of hydrogen-bond donors (Lipinski definition) is 0. The fourth-order valence-corrected chi connectivity index (χ4v) is 2.53. The van der Waals surface area contributed by atoms with Crippen molar-refractivity contribution >= 4 is 0 Å². The Morgan fingerprint density at radius 2 is 1.94 bits per heavy atom. The molecule has 2 rings (SSSR count). The van der Waals surface area contributed by atoms with Crippen molar-refractivity contribution in [3.63, 3.8) is 0 Å². The van der Waals surface area contributed by atoms with Crippen molar-refractivity contribution in [2.24, 2.45) is 5.92 Å². The second-order valence-electron chi connectivity index (χ2n) is 5.24. The Kier molecular flexibility index (Phi) is 4.03. The third-order valence-corrected chi connectivity index (χ3v) is 3.99. The van der Waals surface area contributed by atoms with Crippen LogP contribution >= 0.6 is 0 Å². The fourth-order valence-electron chi connectivity index (χ4n) is 2.53. The summed E-state index contributed by atoms with van der Waals surface area (Å²) in [7, 11) is 0. The van der Waals surface area contributed by atoms with Crippen molar-refractivity contribution in [3.05, 3.63) is 23.5 Å². The van der Waals surface area contributed by atoms with Crippen LogP contribution in [0, 0.1) is 19.8 Å². The molecule has 0 amide bonds. The first kappa shape index (κ1) is 12.4. The first-order chi connectivity index (χ1) is 8.19. The van der Waals surface area contributed by atoms with Crippen LogP contribution in [-0.2, 0) is 0 Å². The zero-order valence-corrected chi connectivity index (χ0v) is 11.2. The van der Waals surface area contributed by atoms with Crippen LogP contribution < -0.4 is 4.74 Å². The molecule has 0 saturated heterocycles. The van der Waals surface area contributed by atoms with Gasteiger partial charge in [-0.3, -0.25) is 4.98 Å². The average Bonchev–Trinajstić information content (AvgIpc) is 2.35. The normalized spacial score (nSPS) is 24.6. The van der Waals surface area contributed by atoms with E-state index in [-0.39, 0.29) is 0 Å². The summed E-state index contributed by atoms with van der Waals surface area (Å²) in [4.78, 5) is 4.35. The second-order valence-corrected chi connectivity index (χ2v) is 5.24. The highest BCUT2D eigenvalue weighted by atomic mass is 16.5. The molecule has 0 atom stereocenters. The Bertz CT molecular complexity index is 367. The molecule has 0 unspecified atom stereocenters. The lowest BCUT2D eigenvalue weighted by Gasteiger charge is -2.28. The van der Waals surface area contributed by atoms with Crippen LogP contribution in [-0.4, -0.2) is 11.1 Å². The third-order valence-electron chi connectivity index (χ3n) is 3.99. The average molecular weight is 233 g/mol. The van der Waals surface area contributed by atoms with Gasteiger partial charge >= 0.3 is 0 Å². The zero-order valence-electron chi connectivity index (χ0n) is 11.2. The van der Waals surface area contributed by atoms with E-state index in [1.807, 2.05) is 13.1 Å². The molecule has 17 heavy (non-hydrogen) atoms. The lowest BCUT2D eigenvalue weighted by molar-refractivity contribution is 0.129. The molecule has 1 fully saturated rings. The lowest BCUT2D eigenvalue weighted by atomic mass is 9.86. The molecule has 2 nitrogen and oxygen atoms in total. The first-order valence-corrected chi connectivity index (χ1v) is 6.79. The Balaban J connectivity index is 1.91. The maximum absolute atomic E-state index is 6.02. The molecule has 0 aliphatic heterocycles. The molecule has 0 spiro atoms. The Morgan fingerprint density at radius 1 is 1.24 bits per heavy atom. The van der Waals surface area contributed by atoms with Gasteiger partial charge in [-0.2, -0.15) is 0 Å². The minimum absolute atomic E-state index is 0.404. The number of nitrogens with zero attached hydrogens (tertiary/aromatic N) is 1. The van der Waals surface area contributed by atoms with Gasteiger partial charge in [-0.15, -0.1) is 0 Å². The zero-order chi connectivity index (χ0) is 12.3. The number of hydrogen-bond acceptors (Lipinski definition) is 2. The summed E-state index contributed by atoms with van der Waals surface area (Å²) in [5.74, 6) is 1.86. The van der Waals surface area contributed by atoms with Gasteiger partial charge in [0.05, 0.1) is 12.3 Å². The SMILES string of the molecule is CCC1CCC(Oc2cnc(C)c(C)c2)CC1. The van der Waals surface area contributed by atoms with E-state index >= 15 is 0 Å². The van der Waals surface area contributed by atoms with E-state index in [0.29, 0.717) is 6.10 Å². The predicted molar refractivity (Wildman–Crippen MR) is 70.4 cm³/mol. The number of rotatable bonds is 3. The quantitative estimate of drug-likeness (QED) is 0.786. The fraction of sp³-hybridized carbons (Fsp3) is 0.667. The molecule has 1 aromatic heterocycles. The van der Waals surface area contributed by atoms with Gasteiger partial charge in [-0.05, 0) is 57.1 Å². The topological polar surface area (TPSA) is 22.1 Å². The van der Waals surface area contributed by atoms with E-state index in [0.717, 1.165) is 17.4 Å². The van der Waals surface area contributed by atoms with Crippen LogP contribution in [0.2, 0.25) is 0 Å². The Morgan fingerprint density at radius 3 is 2.53 bits per heavy atom. The number of pyridine rings is 1. The molecule has 0 bridgehead atoms. The van der Waals surface area contributed by atoms with Crippen molar-refractivity contribution in [2.45, 2.75) is 59.0 Å². The molecule has 1 heterocycles. The Hall–Kier alpha value is -1.05. The Labute approximate surface area is 104 Å². The van der Waals surface area contributed by atoms with E-state index in [1.165, 1.54) is 37.7 Å². The van der Waals surface area contributed by atoms with Gasteiger partial charge in [0, 0.05) is 5.69 Å². The summed E-state index contributed by atoms with van der Waals surface area (Å²) in [6.45, 7) is 6.41. The summed E-state index contributed by atoms with van der Waals surface area (Å²) in [5, 5.41) is 0. The predicted octanol–water partition coefficient (Wildman–Crippen LogP) is 4.05.